The highest BCUT2D eigenvalue weighted by atomic mass is 16.6. The van der Waals surface area contributed by atoms with Gasteiger partial charge in [-0.05, 0) is 23.6 Å². The van der Waals surface area contributed by atoms with Gasteiger partial charge in [-0.15, -0.1) is 0 Å². The predicted molar refractivity (Wildman–Crippen MR) is 67.4 cm³/mol. The van der Waals surface area contributed by atoms with Gasteiger partial charge in [0, 0.05) is 13.0 Å². The Morgan fingerprint density at radius 2 is 2.00 bits per heavy atom. The molecular weight excluding hydrogens is 218 g/mol. The Balaban J connectivity index is 2.68. The van der Waals surface area contributed by atoms with Crippen LogP contribution in [0.3, 0.4) is 0 Å². The zero-order valence-corrected chi connectivity index (χ0v) is 10.3. The zero-order chi connectivity index (χ0) is 12.8. The largest absolute Gasteiger partial charge is 0.493 e. The van der Waals surface area contributed by atoms with Crippen molar-refractivity contribution < 1.29 is 9.66 Å². The number of benzene rings is 1. The van der Waals surface area contributed by atoms with Crippen LogP contribution in [0.25, 0.3) is 6.08 Å². The Bertz CT molecular complexity index is 407. The highest BCUT2D eigenvalue weighted by molar-refractivity contribution is 5.51. The van der Waals surface area contributed by atoms with Gasteiger partial charge in [-0.25, -0.2) is 0 Å². The summed E-state index contributed by atoms with van der Waals surface area (Å²) in [4.78, 5) is 10.1. The summed E-state index contributed by atoms with van der Waals surface area (Å²) in [6.07, 6.45) is 1.53. The van der Waals surface area contributed by atoms with Crippen LogP contribution >= 0.6 is 0 Å². The van der Waals surface area contributed by atoms with Gasteiger partial charge in [-0.2, -0.15) is 0 Å². The fourth-order valence-electron chi connectivity index (χ4n) is 1.22. The summed E-state index contributed by atoms with van der Waals surface area (Å²) in [5.41, 5.74) is 0.928. The summed E-state index contributed by atoms with van der Waals surface area (Å²) in [6, 6.07) is 7.26. The van der Waals surface area contributed by atoms with Gasteiger partial charge in [-0.1, -0.05) is 26.0 Å². The smallest absolute Gasteiger partial charge is 0.243 e. The van der Waals surface area contributed by atoms with Crippen molar-refractivity contribution >= 4 is 6.08 Å². The Labute approximate surface area is 101 Å². The van der Waals surface area contributed by atoms with Crippen molar-refractivity contribution in [2.75, 3.05) is 6.61 Å². The normalized spacial score (nSPS) is 11.6. The predicted octanol–water partition coefficient (Wildman–Crippen LogP) is 3.36. The van der Waals surface area contributed by atoms with E-state index in [9.17, 15) is 10.1 Å². The second kappa shape index (κ2) is 6.03. The van der Waals surface area contributed by atoms with E-state index in [0.717, 1.165) is 11.3 Å². The monoisotopic (exact) mass is 235 g/mol. The summed E-state index contributed by atoms with van der Waals surface area (Å²) >= 11 is 0. The van der Waals surface area contributed by atoms with Gasteiger partial charge in [0.1, 0.15) is 5.75 Å². The maximum absolute atomic E-state index is 10.5. The zero-order valence-electron chi connectivity index (χ0n) is 10.3. The van der Waals surface area contributed by atoms with Crippen molar-refractivity contribution in [1.82, 2.24) is 0 Å². The van der Waals surface area contributed by atoms with E-state index in [-0.39, 0.29) is 5.70 Å². The van der Waals surface area contributed by atoms with Crippen LogP contribution in [0, 0.1) is 16.0 Å². The lowest BCUT2D eigenvalue weighted by Crippen LogP contribution is -2.04. The van der Waals surface area contributed by atoms with Gasteiger partial charge in [0.05, 0.1) is 11.5 Å². The molecule has 0 bridgehead atoms. The van der Waals surface area contributed by atoms with Gasteiger partial charge in [0.2, 0.25) is 5.70 Å². The molecule has 0 saturated carbocycles. The number of nitrogens with zero attached hydrogens (tertiary/aromatic N) is 1. The van der Waals surface area contributed by atoms with Crippen LogP contribution in [-0.2, 0) is 0 Å². The van der Waals surface area contributed by atoms with Crippen molar-refractivity contribution in [3.8, 4) is 5.75 Å². The Kier molecular flexibility index (Phi) is 4.69. The molecule has 0 aliphatic rings. The Hall–Kier alpha value is -1.84. The summed E-state index contributed by atoms with van der Waals surface area (Å²) in [7, 11) is 0. The third-order valence-electron chi connectivity index (χ3n) is 2.13. The van der Waals surface area contributed by atoms with E-state index in [1.807, 2.05) is 24.3 Å². The maximum Gasteiger partial charge on any atom is 0.243 e. The number of nitro groups is 1. The van der Waals surface area contributed by atoms with Crippen LogP contribution in [0.5, 0.6) is 5.75 Å². The van der Waals surface area contributed by atoms with Crippen molar-refractivity contribution in [2.45, 2.75) is 20.8 Å². The van der Waals surface area contributed by atoms with Crippen molar-refractivity contribution in [1.29, 1.82) is 0 Å². The van der Waals surface area contributed by atoms with E-state index in [2.05, 4.69) is 13.8 Å². The van der Waals surface area contributed by atoms with Gasteiger partial charge >= 0.3 is 0 Å². The summed E-state index contributed by atoms with van der Waals surface area (Å²) in [5, 5.41) is 10.5. The first-order valence-electron chi connectivity index (χ1n) is 5.54. The molecule has 0 saturated heterocycles. The third-order valence-corrected chi connectivity index (χ3v) is 2.13. The van der Waals surface area contributed by atoms with E-state index in [0.29, 0.717) is 12.5 Å². The molecule has 0 heterocycles. The minimum absolute atomic E-state index is 0.126. The van der Waals surface area contributed by atoms with E-state index < -0.39 is 4.92 Å². The average molecular weight is 235 g/mol. The molecule has 17 heavy (non-hydrogen) atoms. The third kappa shape index (κ3) is 4.68. The van der Waals surface area contributed by atoms with Crippen molar-refractivity contribution in [2.24, 2.45) is 5.92 Å². The van der Waals surface area contributed by atoms with Gasteiger partial charge in [0.15, 0.2) is 0 Å². The van der Waals surface area contributed by atoms with Gasteiger partial charge in [-0.3, -0.25) is 10.1 Å². The summed E-state index contributed by atoms with van der Waals surface area (Å²) in [5.74, 6) is 1.26. The summed E-state index contributed by atoms with van der Waals surface area (Å²) in [6.45, 7) is 6.31. The second-order valence-electron chi connectivity index (χ2n) is 4.32. The fourth-order valence-corrected chi connectivity index (χ4v) is 1.22. The molecule has 1 rings (SSSR count). The molecule has 0 radical (unpaired) electrons. The van der Waals surface area contributed by atoms with Crippen molar-refractivity contribution in [3.63, 3.8) is 0 Å². The Morgan fingerprint density at radius 1 is 1.41 bits per heavy atom. The second-order valence-corrected chi connectivity index (χ2v) is 4.32. The quantitative estimate of drug-likeness (QED) is 0.580. The van der Waals surface area contributed by atoms with Gasteiger partial charge in [0.25, 0.3) is 0 Å². The van der Waals surface area contributed by atoms with E-state index in [1.54, 1.807) is 0 Å². The maximum atomic E-state index is 10.5. The van der Waals surface area contributed by atoms with Crippen LogP contribution in [0.1, 0.15) is 26.3 Å². The van der Waals surface area contributed by atoms with Crippen LogP contribution in [0.4, 0.5) is 0 Å². The molecule has 4 nitrogen and oxygen atoms in total. The van der Waals surface area contributed by atoms with Crippen LogP contribution < -0.4 is 4.74 Å². The first-order chi connectivity index (χ1) is 7.99. The first-order valence-corrected chi connectivity index (χ1v) is 5.54. The lowest BCUT2D eigenvalue weighted by molar-refractivity contribution is -0.422. The lowest BCUT2D eigenvalue weighted by Gasteiger charge is -2.08. The molecule has 0 aliphatic heterocycles. The van der Waals surface area contributed by atoms with Crippen LogP contribution in [0.15, 0.2) is 30.0 Å². The fraction of sp³-hybridized carbons (Fsp3) is 0.385. The highest BCUT2D eigenvalue weighted by Crippen LogP contribution is 2.15. The molecule has 0 atom stereocenters. The molecule has 0 unspecified atom stereocenters. The van der Waals surface area contributed by atoms with E-state index in [4.69, 9.17) is 4.74 Å². The van der Waals surface area contributed by atoms with Crippen molar-refractivity contribution in [3.05, 3.63) is 45.6 Å². The molecule has 1 aromatic carbocycles. The molecular formula is C13H17NO3. The van der Waals surface area contributed by atoms with E-state index >= 15 is 0 Å². The molecule has 0 aliphatic carbocycles. The minimum Gasteiger partial charge on any atom is -0.493 e. The SMILES string of the molecule is C/C(=C\c1ccc(OCC(C)C)cc1)[N+](=O)[O-]. The number of hydrogen-bond donors (Lipinski definition) is 0. The molecule has 0 spiro atoms. The topological polar surface area (TPSA) is 52.4 Å². The average Bonchev–Trinajstić information content (AvgIpc) is 2.28. The van der Waals surface area contributed by atoms with Crippen LogP contribution in [-0.4, -0.2) is 11.5 Å². The first kappa shape index (κ1) is 13.2. The van der Waals surface area contributed by atoms with E-state index in [1.165, 1.54) is 13.0 Å². The highest BCUT2D eigenvalue weighted by Gasteiger charge is 2.02. The number of rotatable bonds is 5. The molecule has 92 valence electrons. The number of allylic oxidation sites excluding steroid dienone is 1. The number of ether oxygens (including phenoxy) is 1. The molecule has 1 aromatic rings. The number of hydrogen-bond acceptors (Lipinski definition) is 3. The standard InChI is InChI=1S/C13H17NO3/c1-10(2)9-17-13-6-4-12(5-7-13)8-11(3)14(15)16/h4-8,10H,9H2,1-3H3/b11-8+. The molecule has 0 aromatic heterocycles. The lowest BCUT2D eigenvalue weighted by atomic mass is 10.2. The molecule has 0 amide bonds. The summed E-state index contributed by atoms with van der Waals surface area (Å²) < 4.78 is 5.52. The molecule has 0 N–H and O–H groups in total. The minimum atomic E-state index is -0.400. The molecule has 0 fully saturated rings. The van der Waals surface area contributed by atoms with Gasteiger partial charge < -0.3 is 4.74 Å². The molecule has 4 heteroatoms. The Morgan fingerprint density at radius 3 is 2.47 bits per heavy atom. The van der Waals surface area contributed by atoms with Crippen LogP contribution in [0.2, 0.25) is 0 Å².